The highest BCUT2D eigenvalue weighted by Gasteiger charge is 2.33. The van der Waals surface area contributed by atoms with Crippen molar-refractivity contribution in [3.63, 3.8) is 0 Å². The van der Waals surface area contributed by atoms with E-state index in [0.29, 0.717) is 34.7 Å². The first-order valence-corrected chi connectivity index (χ1v) is 14.3. The van der Waals surface area contributed by atoms with Crippen LogP contribution in [0.15, 0.2) is 107 Å². The van der Waals surface area contributed by atoms with Gasteiger partial charge in [-0.25, -0.2) is 9.38 Å². The Kier molecular flexibility index (Phi) is 9.16. The van der Waals surface area contributed by atoms with E-state index in [1.54, 1.807) is 17.0 Å². The van der Waals surface area contributed by atoms with Crippen LogP contribution in [0.25, 0.3) is 6.08 Å². The predicted molar refractivity (Wildman–Crippen MR) is 164 cm³/mol. The molecule has 0 bridgehead atoms. The minimum Gasteiger partial charge on any atom is -0.490 e. The zero-order valence-electron chi connectivity index (χ0n) is 23.0. The molecule has 0 radical (unpaired) electrons. The van der Waals surface area contributed by atoms with E-state index >= 15 is 0 Å². The van der Waals surface area contributed by atoms with Crippen molar-refractivity contribution >= 4 is 34.6 Å². The maximum absolute atomic E-state index is 13.6. The van der Waals surface area contributed by atoms with Gasteiger partial charge >= 0.3 is 0 Å². The summed E-state index contributed by atoms with van der Waals surface area (Å²) in [5.74, 6) is 0.793. The normalized spacial score (nSPS) is 15.1. The molecular formula is C34H31FN2O3S. The van der Waals surface area contributed by atoms with E-state index in [2.05, 4.69) is 12.1 Å². The number of rotatable bonds is 10. The SMILES string of the molecule is CCOc1cc(/C=C2/SC(=Nc3ccc(C)cc3)N(CCc3ccccc3)C2=O)ccc1OCc1ccc(F)cc1. The van der Waals surface area contributed by atoms with Crippen LogP contribution in [-0.4, -0.2) is 29.1 Å². The fourth-order valence-corrected chi connectivity index (χ4v) is 5.32. The Morgan fingerprint density at radius 3 is 2.37 bits per heavy atom. The number of amides is 1. The Bertz CT molecular complexity index is 1550. The number of halogens is 1. The van der Waals surface area contributed by atoms with Crippen molar-refractivity contribution in [2.75, 3.05) is 13.2 Å². The van der Waals surface area contributed by atoms with Crippen LogP contribution >= 0.6 is 11.8 Å². The van der Waals surface area contributed by atoms with Gasteiger partial charge in [0.05, 0.1) is 17.2 Å². The van der Waals surface area contributed by atoms with Crippen LogP contribution in [0.4, 0.5) is 10.1 Å². The van der Waals surface area contributed by atoms with E-state index in [1.807, 2.05) is 80.6 Å². The van der Waals surface area contributed by atoms with Crippen LogP contribution in [0.3, 0.4) is 0 Å². The van der Waals surface area contributed by atoms with Gasteiger partial charge < -0.3 is 9.47 Å². The van der Waals surface area contributed by atoms with E-state index in [-0.39, 0.29) is 18.3 Å². The number of carbonyl (C=O) groups is 1. The van der Waals surface area contributed by atoms with Crippen LogP contribution < -0.4 is 9.47 Å². The molecule has 0 aromatic heterocycles. The number of hydrogen-bond donors (Lipinski definition) is 0. The molecule has 0 N–H and O–H groups in total. The molecule has 0 unspecified atom stereocenters. The second-order valence-corrected chi connectivity index (χ2v) is 10.6. The molecule has 4 aromatic rings. The van der Waals surface area contributed by atoms with Crippen molar-refractivity contribution in [2.45, 2.75) is 26.9 Å². The zero-order chi connectivity index (χ0) is 28.6. The summed E-state index contributed by atoms with van der Waals surface area (Å²) in [4.78, 5) is 20.8. The highest BCUT2D eigenvalue weighted by Crippen LogP contribution is 2.36. The predicted octanol–water partition coefficient (Wildman–Crippen LogP) is 7.96. The third-order valence-electron chi connectivity index (χ3n) is 6.49. The summed E-state index contributed by atoms with van der Waals surface area (Å²) in [6, 6.07) is 29.9. The van der Waals surface area contributed by atoms with E-state index in [0.717, 1.165) is 34.4 Å². The first kappa shape index (κ1) is 28.2. The van der Waals surface area contributed by atoms with Crippen LogP contribution in [-0.2, 0) is 17.8 Å². The molecule has 4 aromatic carbocycles. The number of nitrogens with zero attached hydrogens (tertiary/aromatic N) is 2. The van der Waals surface area contributed by atoms with E-state index in [9.17, 15) is 9.18 Å². The summed E-state index contributed by atoms with van der Waals surface area (Å²) in [7, 11) is 0. The standard InChI is InChI=1S/C34H31FN2O3S/c1-3-39-31-21-27(13-18-30(31)40-23-26-11-14-28(35)15-12-26)22-32-33(38)37(20-19-25-7-5-4-6-8-25)34(41-32)36-29-16-9-24(2)10-17-29/h4-18,21-22H,3,19-20,23H2,1-2H3/b32-22+,36-34?. The molecule has 208 valence electrons. The van der Waals surface area contributed by atoms with Crippen LogP contribution in [0.2, 0.25) is 0 Å². The van der Waals surface area contributed by atoms with Crippen molar-refractivity contribution in [1.82, 2.24) is 4.90 Å². The number of carbonyl (C=O) groups excluding carboxylic acids is 1. The minimum absolute atomic E-state index is 0.0774. The fraction of sp³-hybridized carbons (Fsp3) is 0.176. The number of aryl methyl sites for hydroxylation is 1. The molecule has 1 amide bonds. The molecule has 5 rings (SSSR count). The van der Waals surface area contributed by atoms with Gasteiger partial charge in [-0.15, -0.1) is 0 Å². The molecule has 7 heteroatoms. The van der Waals surface area contributed by atoms with Crippen molar-refractivity contribution < 1.29 is 18.7 Å². The Morgan fingerprint density at radius 2 is 1.63 bits per heavy atom. The summed E-state index contributed by atoms with van der Waals surface area (Å²) in [6.45, 7) is 5.21. The molecule has 41 heavy (non-hydrogen) atoms. The first-order chi connectivity index (χ1) is 20.0. The lowest BCUT2D eigenvalue weighted by Crippen LogP contribution is -2.31. The quantitative estimate of drug-likeness (QED) is 0.183. The van der Waals surface area contributed by atoms with Crippen LogP contribution in [0.5, 0.6) is 11.5 Å². The van der Waals surface area contributed by atoms with Crippen LogP contribution in [0.1, 0.15) is 29.2 Å². The zero-order valence-corrected chi connectivity index (χ0v) is 23.9. The van der Waals surface area contributed by atoms with Crippen molar-refractivity contribution in [3.05, 3.63) is 130 Å². The summed E-state index contributed by atoms with van der Waals surface area (Å²) in [5, 5.41) is 0.658. The summed E-state index contributed by atoms with van der Waals surface area (Å²) in [6.07, 6.45) is 2.59. The van der Waals surface area contributed by atoms with Gasteiger partial charge in [-0.1, -0.05) is 66.2 Å². The maximum atomic E-state index is 13.6. The summed E-state index contributed by atoms with van der Waals surface area (Å²) >= 11 is 1.37. The monoisotopic (exact) mass is 566 g/mol. The van der Waals surface area contributed by atoms with Gasteiger partial charge in [-0.05, 0) is 91.2 Å². The average Bonchev–Trinajstić information content (AvgIpc) is 3.27. The molecule has 0 spiro atoms. The van der Waals surface area contributed by atoms with Gasteiger partial charge in [0.25, 0.3) is 5.91 Å². The maximum Gasteiger partial charge on any atom is 0.266 e. The number of aliphatic imine (C=N–C) groups is 1. The second kappa shape index (κ2) is 13.3. The minimum atomic E-state index is -0.286. The van der Waals surface area contributed by atoms with Gasteiger partial charge in [0, 0.05) is 6.54 Å². The topological polar surface area (TPSA) is 51.1 Å². The molecule has 1 saturated heterocycles. The Morgan fingerprint density at radius 1 is 0.878 bits per heavy atom. The van der Waals surface area contributed by atoms with Gasteiger partial charge in [0.2, 0.25) is 0 Å². The van der Waals surface area contributed by atoms with Crippen molar-refractivity contribution in [2.24, 2.45) is 4.99 Å². The third kappa shape index (κ3) is 7.44. The van der Waals surface area contributed by atoms with E-state index in [1.165, 1.54) is 23.9 Å². The summed E-state index contributed by atoms with van der Waals surface area (Å²) in [5.41, 5.74) is 4.79. The van der Waals surface area contributed by atoms with Gasteiger partial charge in [-0.3, -0.25) is 9.69 Å². The van der Waals surface area contributed by atoms with Gasteiger partial charge in [-0.2, -0.15) is 0 Å². The lowest BCUT2D eigenvalue weighted by atomic mass is 10.1. The van der Waals surface area contributed by atoms with Gasteiger partial charge in [0.15, 0.2) is 16.7 Å². The average molecular weight is 567 g/mol. The number of amidine groups is 1. The Labute approximate surface area is 244 Å². The second-order valence-electron chi connectivity index (χ2n) is 9.59. The Balaban J connectivity index is 1.39. The smallest absolute Gasteiger partial charge is 0.266 e. The molecule has 1 aliphatic heterocycles. The molecule has 5 nitrogen and oxygen atoms in total. The molecular weight excluding hydrogens is 535 g/mol. The molecule has 0 aliphatic carbocycles. The number of thioether (sulfide) groups is 1. The van der Waals surface area contributed by atoms with Gasteiger partial charge in [0.1, 0.15) is 12.4 Å². The highest BCUT2D eigenvalue weighted by molar-refractivity contribution is 8.18. The molecule has 0 atom stereocenters. The Hall–Kier alpha value is -4.36. The molecule has 1 fully saturated rings. The summed E-state index contributed by atoms with van der Waals surface area (Å²) < 4.78 is 25.1. The number of hydrogen-bond acceptors (Lipinski definition) is 5. The van der Waals surface area contributed by atoms with E-state index in [4.69, 9.17) is 14.5 Å². The largest absolute Gasteiger partial charge is 0.490 e. The molecule has 0 saturated carbocycles. The van der Waals surface area contributed by atoms with Crippen molar-refractivity contribution in [1.29, 1.82) is 0 Å². The first-order valence-electron chi connectivity index (χ1n) is 13.5. The van der Waals surface area contributed by atoms with E-state index < -0.39 is 0 Å². The lowest BCUT2D eigenvalue weighted by molar-refractivity contribution is -0.122. The molecule has 1 aliphatic rings. The number of benzene rings is 4. The number of ether oxygens (including phenoxy) is 2. The van der Waals surface area contributed by atoms with Crippen molar-refractivity contribution in [3.8, 4) is 11.5 Å². The fourth-order valence-electron chi connectivity index (χ4n) is 4.30. The van der Waals surface area contributed by atoms with Crippen LogP contribution in [0, 0.1) is 12.7 Å². The molecule has 1 heterocycles. The lowest BCUT2D eigenvalue weighted by Gasteiger charge is -2.15. The third-order valence-corrected chi connectivity index (χ3v) is 7.49. The highest BCUT2D eigenvalue weighted by atomic mass is 32.2.